The maximum atomic E-state index is 12.1. The summed E-state index contributed by atoms with van der Waals surface area (Å²) in [5.74, 6) is 0.830. The van der Waals surface area contributed by atoms with Gasteiger partial charge in [0.25, 0.3) is 0 Å². The van der Waals surface area contributed by atoms with Gasteiger partial charge in [0, 0.05) is 9.92 Å². The Morgan fingerprint density at radius 1 is 1.14 bits per heavy atom. The second-order valence-corrected chi connectivity index (χ2v) is 6.41. The van der Waals surface area contributed by atoms with Gasteiger partial charge in [0.15, 0.2) is 5.78 Å². The number of Topliss-reactive ketones (excluding diaryl/α,β-unsaturated/α-hetero) is 1. The molecule has 1 unspecified atom stereocenters. The SMILES string of the molecule is CC(=O)c1ccccc1OCCS(=O)c1ccc(Cl)cc1. The molecule has 0 aliphatic rings. The fraction of sp³-hybridized carbons (Fsp3) is 0.188. The van der Waals surface area contributed by atoms with Gasteiger partial charge in [-0.05, 0) is 43.3 Å². The van der Waals surface area contributed by atoms with E-state index in [1.165, 1.54) is 6.92 Å². The van der Waals surface area contributed by atoms with Crippen LogP contribution in [-0.2, 0) is 10.8 Å². The molecule has 1 atom stereocenters. The first kappa shape index (κ1) is 15.7. The molecule has 3 nitrogen and oxygen atoms in total. The van der Waals surface area contributed by atoms with Crippen molar-refractivity contribution in [1.82, 2.24) is 0 Å². The molecule has 0 heterocycles. The second-order valence-electron chi connectivity index (χ2n) is 4.40. The summed E-state index contributed by atoms with van der Waals surface area (Å²) in [6, 6.07) is 13.9. The molecule has 110 valence electrons. The number of ketones is 1. The highest BCUT2D eigenvalue weighted by Gasteiger charge is 2.09. The fourth-order valence-corrected chi connectivity index (χ4v) is 2.85. The normalized spacial score (nSPS) is 11.9. The molecule has 5 heteroatoms. The predicted octanol–water partition coefficient (Wildman–Crippen LogP) is 3.73. The van der Waals surface area contributed by atoms with Gasteiger partial charge in [0.1, 0.15) is 12.4 Å². The number of halogens is 1. The van der Waals surface area contributed by atoms with E-state index in [1.807, 2.05) is 0 Å². The maximum absolute atomic E-state index is 12.1. The van der Waals surface area contributed by atoms with E-state index in [9.17, 15) is 9.00 Å². The highest BCUT2D eigenvalue weighted by Crippen LogP contribution is 2.18. The van der Waals surface area contributed by atoms with Gasteiger partial charge < -0.3 is 4.74 Å². The van der Waals surface area contributed by atoms with Gasteiger partial charge in [-0.15, -0.1) is 0 Å². The molecule has 2 rings (SSSR count). The smallest absolute Gasteiger partial charge is 0.163 e. The number of hydrogen-bond donors (Lipinski definition) is 0. The second kappa shape index (κ2) is 7.38. The minimum absolute atomic E-state index is 0.0515. The lowest BCUT2D eigenvalue weighted by atomic mass is 10.1. The maximum Gasteiger partial charge on any atom is 0.163 e. The van der Waals surface area contributed by atoms with Gasteiger partial charge in [0.2, 0.25) is 0 Å². The largest absolute Gasteiger partial charge is 0.492 e. The van der Waals surface area contributed by atoms with Crippen LogP contribution in [0.4, 0.5) is 0 Å². The number of carbonyl (C=O) groups is 1. The number of rotatable bonds is 6. The molecule has 0 saturated carbocycles. The summed E-state index contributed by atoms with van der Waals surface area (Å²) in [4.78, 5) is 12.2. The topological polar surface area (TPSA) is 43.4 Å². The molecule has 0 N–H and O–H groups in total. The molecule has 0 spiro atoms. The van der Waals surface area contributed by atoms with Crippen LogP contribution in [0.2, 0.25) is 5.02 Å². The molecule has 21 heavy (non-hydrogen) atoms. The standard InChI is InChI=1S/C16H15ClO3S/c1-12(18)15-4-2-3-5-16(15)20-10-11-21(19)14-8-6-13(17)7-9-14/h2-9H,10-11H2,1H3. The molecule has 0 amide bonds. The van der Waals surface area contributed by atoms with Gasteiger partial charge in [0.05, 0.1) is 22.1 Å². The van der Waals surface area contributed by atoms with Gasteiger partial charge in [-0.3, -0.25) is 9.00 Å². The van der Waals surface area contributed by atoms with Crippen LogP contribution in [0.15, 0.2) is 53.4 Å². The summed E-state index contributed by atoms with van der Waals surface area (Å²) in [7, 11) is -1.15. The van der Waals surface area contributed by atoms with Crippen molar-refractivity contribution in [3.63, 3.8) is 0 Å². The summed E-state index contributed by atoms with van der Waals surface area (Å²) < 4.78 is 17.7. The van der Waals surface area contributed by atoms with Gasteiger partial charge in [-0.1, -0.05) is 23.7 Å². The zero-order valence-electron chi connectivity index (χ0n) is 11.5. The number of carbonyl (C=O) groups excluding carboxylic acids is 1. The number of ether oxygens (including phenoxy) is 1. The lowest BCUT2D eigenvalue weighted by molar-refractivity contribution is 0.101. The van der Waals surface area contributed by atoms with Crippen LogP contribution < -0.4 is 4.74 Å². The van der Waals surface area contributed by atoms with E-state index in [0.29, 0.717) is 27.0 Å². The van der Waals surface area contributed by atoms with Crippen LogP contribution in [0.5, 0.6) is 5.75 Å². The molecule has 2 aromatic rings. The molecule has 0 radical (unpaired) electrons. The highest BCUT2D eigenvalue weighted by atomic mass is 35.5. The Hall–Kier alpha value is -1.65. The highest BCUT2D eigenvalue weighted by molar-refractivity contribution is 7.85. The Morgan fingerprint density at radius 3 is 2.48 bits per heavy atom. The Balaban J connectivity index is 1.94. The summed E-state index contributed by atoms with van der Waals surface area (Å²) in [6.07, 6.45) is 0. The summed E-state index contributed by atoms with van der Waals surface area (Å²) >= 11 is 5.79. The molecule has 0 aliphatic heterocycles. The predicted molar refractivity (Wildman–Crippen MR) is 84.7 cm³/mol. The van der Waals surface area contributed by atoms with Crippen molar-refractivity contribution in [2.45, 2.75) is 11.8 Å². The van der Waals surface area contributed by atoms with Crippen LogP contribution >= 0.6 is 11.6 Å². The van der Waals surface area contributed by atoms with E-state index in [2.05, 4.69) is 0 Å². The molecular weight excluding hydrogens is 308 g/mol. The number of hydrogen-bond acceptors (Lipinski definition) is 3. The van der Waals surface area contributed by atoms with Crippen molar-refractivity contribution in [2.75, 3.05) is 12.4 Å². The first-order valence-electron chi connectivity index (χ1n) is 6.44. The third kappa shape index (κ3) is 4.41. The Bertz CT molecular complexity index is 653. The van der Waals surface area contributed by atoms with E-state index in [1.54, 1.807) is 48.5 Å². The van der Waals surface area contributed by atoms with Crippen LogP contribution in [0.3, 0.4) is 0 Å². The van der Waals surface area contributed by atoms with Crippen LogP contribution in [0, 0.1) is 0 Å². The van der Waals surface area contributed by atoms with Crippen molar-refractivity contribution in [3.8, 4) is 5.75 Å². The van der Waals surface area contributed by atoms with Crippen LogP contribution in [-0.4, -0.2) is 22.4 Å². The number of para-hydroxylation sites is 1. The molecule has 0 bridgehead atoms. The Morgan fingerprint density at radius 2 is 1.81 bits per heavy atom. The monoisotopic (exact) mass is 322 g/mol. The first-order chi connectivity index (χ1) is 10.1. The van der Waals surface area contributed by atoms with E-state index in [4.69, 9.17) is 16.3 Å². The summed E-state index contributed by atoms with van der Waals surface area (Å²) in [5, 5.41) is 0.613. The van der Waals surface area contributed by atoms with Crippen LogP contribution in [0.1, 0.15) is 17.3 Å². The minimum Gasteiger partial charge on any atom is -0.492 e. The summed E-state index contributed by atoms with van der Waals surface area (Å²) in [6.45, 7) is 1.77. The quantitative estimate of drug-likeness (QED) is 0.761. The fourth-order valence-electron chi connectivity index (χ4n) is 1.81. The Kier molecular flexibility index (Phi) is 5.53. The molecular formula is C16H15ClO3S. The van der Waals surface area contributed by atoms with Crippen molar-refractivity contribution in [3.05, 3.63) is 59.1 Å². The summed E-state index contributed by atoms with van der Waals surface area (Å²) in [5.41, 5.74) is 0.537. The van der Waals surface area contributed by atoms with E-state index in [0.717, 1.165) is 0 Å². The molecule has 0 aliphatic carbocycles. The van der Waals surface area contributed by atoms with E-state index in [-0.39, 0.29) is 12.4 Å². The average Bonchev–Trinajstić information content (AvgIpc) is 2.48. The van der Waals surface area contributed by atoms with E-state index >= 15 is 0 Å². The lowest BCUT2D eigenvalue weighted by Crippen LogP contribution is -2.10. The van der Waals surface area contributed by atoms with Gasteiger partial charge >= 0.3 is 0 Å². The van der Waals surface area contributed by atoms with Crippen LogP contribution in [0.25, 0.3) is 0 Å². The number of benzene rings is 2. The Labute approximate surface area is 131 Å². The van der Waals surface area contributed by atoms with E-state index < -0.39 is 10.8 Å². The van der Waals surface area contributed by atoms with Crippen molar-refractivity contribution in [1.29, 1.82) is 0 Å². The third-order valence-electron chi connectivity index (χ3n) is 2.87. The third-order valence-corrected chi connectivity index (χ3v) is 4.46. The first-order valence-corrected chi connectivity index (χ1v) is 8.14. The molecule has 0 aromatic heterocycles. The molecule has 0 saturated heterocycles. The van der Waals surface area contributed by atoms with Gasteiger partial charge in [-0.25, -0.2) is 0 Å². The van der Waals surface area contributed by atoms with Gasteiger partial charge in [-0.2, -0.15) is 0 Å². The zero-order chi connectivity index (χ0) is 15.2. The van der Waals surface area contributed by atoms with Crippen molar-refractivity contribution >= 4 is 28.2 Å². The lowest BCUT2D eigenvalue weighted by Gasteiger charge is -2.09. The minimum atomic E-state index is -1.15. The molecule has 0 fully saturated rings. The van der Waals surface area contributed by atoms with Crippen molar-refractivity contribution < 1.29 is 13.7 Å². The average molecular weight is 323 g/mol. The van der Waals surface area contributed by atoms with Crippen molar-refractivity contribution in [2.24, 2.45) is 0 Å². The molecule has 2 aromatic carbocycles. The zero-order valence-corrected chi connectivity index (χ0v) is 13.1.